The van der Waals surface area contributed by atoms with Crippen molar-refractivity contribution in [2.75, 3.05) is 7.11 Å². The van der Waals surface area contributed by atoms with Crippen LogP contribution < -0.4 is 0 Å². The number of hydrogen-bond acceptors (Lipinski definition) is 3. The first-order valence-electron chi connectivity index (χ1n) is 1.25. The van der Waals surface area contributed by atoms with Crippen molar-refractivity contribution in [2.24, 2.45) is 0 Å². The van der Waals surface area contributed by atoms with Crippen LogP contribution in [0.2, 0.25) is 0 Å². The van der Waals surface area contributed by atoms with E-state index in [2.05, 4.69) is 4.43 Å². The molecule has 0 atom stereocenters. The van der Waals surface area contributed by atoms with Gasteiger partial charge in [0.05, 0.1) is 0 Å². The molecular weight excluding hydrogens is 124 g/mol. The first kappa shape index (κ1) is 6.39. The van der Waals surface area contributed by atoms with E-state index < -0.39 is 8.11 Å². The minimum atomic E-state index is -3.66. The Labute approximate surface area is 41.2 Å². The summed E-state index contributed by atoms with van der Waals surface area (Å²) in [4.78, 5) is 16.1. The van der Waals surface area contributed by atoms with E-state index in [0.717, 1.165) is 7.11 Å². The molecule has 2 N–H and O–H groups in total. The predicted molar refractivity (Wildman–Crippen MR) is 23.1 cm³/mol. The van der Waals surface area contributed by atoms with Crippen molar-refractivity contribution in [3.05, 3.63) is 0 Å². The highest BCUT2D eigenvalue weighted by Crippen LogP contribution is 1.95. The van der Waals surface area contributed by atoms with Crippen molar-refractivity contribution < 1.29 is 14.0 Å². The van der Waals surface area contributed by atoms with Crippen molar-refractivity contribution in [3.63, 3.8) is 0 Å². The Morgan fingerprint density at radius 1 is 1.67 bits per heavy atom. The van der Waals surface area contributed by atoms with Crippen molar-refractivity contribution >= 4 is 19.2 Å². The zero-order valence-electron chi connectivity index (χ0n) is 3.18. The van der Waals surface area contributed by atoms with Gasteiger partial charge >= 0.3 is 8.11 Å². The average Bonchev–Trinajstić information content (AvgIpc) is 1.35. The fourth-order valence-corrected chi connectivity index (χ4v) is 0. The second-order valence-corrected chi connectivity index (χ2v) is 3.68. The summed E-state index contributed by atoms with van der Waals surface area (Å²) in [6, 6.07) is 0. The second-order valence-electron chi connectivity index (χ2n) is 0.733. The highest BCUT2D eigenvalue weighted by atomic mass is 35.6. The van der Waals surface area contributed by atoms with Crippen LogP contribution in [0.15, 0.2) is 0 Å². The minimum absolute atomic E-state index is 1.14. The van der Waals surface area contributed by atoms with Crippen LogP contribution >= 0.6 is 11.1 Å². The highest BCUT2D eigenvalue weighted by Gasteiger charge is 2.26. The minimum Gasteiger partial charge on any atom is -0.378 e. The molecule has 38 valence electrons. The molecule has 0 aromatic rings. The number of halogens is 1. The topological polar surface area (TPSA) is 49.7 Å². The Morgan fingerprint density at radius 2 is 1.83 bits per heavy atom. The van der Waals surface area contributed by atoms with Gasteiger partial charge in [0.2, 0.25) is 0 Å². The Bertz CT molecular complexity index is 40.5. The Kier molecular flexibility index (Phi) is 2.02. The standard InChI is InChI=1S/CH5ClO3Si/c1-5-6(2,3)4/h3-4H,1H3. The van der Waals surface area contributed by atoms with E-state index in [1.807, 2.05) is 0 Å². The summed E-state index contributed by atoms with van der Waals surface area (Å²) in [5.41, 5.74) is 0. The van der Waals surface area contributed by atoms with Gasteiger partial charge in [-0.2, -0.15) is 0 Å². The van der Waals surface area contributed by atoms with E-state index in [0.29, 0.717) is 0 Å². The van der Waals surface area contributed by atoms with Gasteiger partial charge < -0.3 is 14.0 Å². The van der Waals surface area contributed by atoms with Gasteiger partial charge in [-0.3, -0.25) is 0 Å². The predicted octanol–water partition coefficient (Wildman–Crippen LogP) is -0.708. The summed E-state index contributed by atoms with van der Waals surface area (Å²) >= 11 is 4.75. The molecule has 0 saturated carbocycles. The summed E-state index contributed by atoms with van der Waals surface area (Å²) in [6.07, 6.45) is 0. The van der Waals surface area contributed by atoms with E-state index in [-0.39, 0.29) is 0 Å². The molecule has 5 heteroatoms. The molecule has 6 heavy (non-hydrogen) atoms. The fourth-order valence-electron chi connectivity index (χ4n) is 0. The summed E-state index contributed by atoms with van der Waals surface area (Å²) < 4.78 is 3.95. The summed E-state index contributed by atoms with van der Waals surface area (Å²) in [7, 11) is -2.52. The van der Waals surface area contributed by atoms with Gasteiger partial charge in [0.15, 0.2) is 0 Å². The van der Waals surface area contributed by atoms with Crippen molar-refractivity contribution in [1.29, 1.82) is 0 Å². The van der Waals surface area contributed by atoms with Gasteiger partial charge in [0, 0.05) is 7.11 Å². The summed E-state index contributed by atoms with van der Waals surface area (Å²) in [5.74, 6) is 0. The van der Waals surface area contributed by atoms with Gasteiger partial charge in [-0.05, 0) is 0 Å². The van der Waals surface area contributed by atoms with E-state index in [4.69, 9.17) is 20.7 Å². The molecule has 0 heterocycles. The molecule has 0 rings (SSSR count). The van der Waals surface area contributed by atoms with E-state index >= 15 is 0 Å². The van der Waals surface area contributed by atoms with E-state index in [1.165, 1.54) is 0 Å². The zero-order chi connectivity index (χ0) is 5.21. The lowest BCUT2D eigenvalue weighted by molar-refractivity contribution is 0.214. The Balaban J connectivity index is 3.17. The van der Waals surface area contributed by atoms with Gasteiger partial charge in [0.1, 0.15) is 0 Å². The summed E-state index contributed by atoms with van der Waals surface area (Å²) in [5, 5.41) is 0. The summed E-state index contributed by atoms with van der Waals surface area (Å²) in [6.45, 7) is 0. The van der Waals surface area contributed by atoms with Gasteiger partial charge in [0.25, 0.3) is 0 Å². The largest absolute Gasteiger partial charge is 0.607 e. The normalized spacial score (nSPS) is 12.0. The SMILES string of the molecule is CO[Si](O)(O)Cl. The third-order valence-electron chi connectivity index (χ3n) is 0.260. The smallest absolute Gasteiger partial charge is 0.378 e. The lowest BCUT2D eigenvalue weighted by Gasteiger charge is -2.01. The molecule has 0 unspecified atom stereocenters. The lowest BCUT2D eigenvalue weighted by atomic mass is 11.8. The third kappa shape index (κ3) is 4.39. The number of rotatable bonds is 1. The maximum Gasteiger partial charge on any atom is 0.607 e. The number of hydrogen-bond donors (Lipinski definition) is 2. The van der Waals surface area contributed by atoms with Gasteiger partial charge in [-0.1, -0.05) is 11.1 Å². The first-order valence-corrected chi connectivity index (χ1v) is 4.06. The maximum atomic E-state index is 8.06. The van der Waals surface area contributed by atoms with Crippen LogP contribution in [0.1, 0.15) is 0 Å². The lowest BCUT2D eigenvalue weighted by Crippen LogP contribution is -2.29. The molecule has 0 aliphatic heterocycles. The Hall–Kier alpha value is 0.387. The van der Waals surface area contributed by atoms with E-state index in [9.17, 15) is 0 Å². The fraction of sp³-hybridized carbons (Fsp3) is 1.00. The molecule has 0 saturated heterocycles. The van der Waals surface area contributed by atoms with Crippen molar-refractivity contribution in [3.8, 4) is 0 Å². The van der Waals surface area contributed by atoms with Crippen LogP contribution in [0, 0.1) is 0 Å². The van der Waals surface area contributed by atoms with Crippen LogP contribution in [0.4, 0.5) is 0 Å². The highest BCUT2D eigenvalue weighted by molar-refractivity contribution is 7.07. The molecule has 0 aliphatic carbocycles. The first-order chi connectivity index (χ1) is 2.56. The Morgan fingerprint density at radius 3 is 1.83 bits per heavy atom. The van der Waals surface area contributed by atoms with Crippen molar-refractivity contribution in [2.45, 2.75) is 0 Å². The molecule has 0 aromatic carbocycles. The molecule has 0 fully saturated rings. The van der Waals surface area contributed by atoms with Gasteiger partial charge in [-0.15, -0.1) is 0 Å². The molecule has 0 aromatic heterocycles. The van der Waals surface area contributed by atoms with Crippen LogP contribution in [-0.2, 0) is 4.43 Å². The molecular formula is CH5ClO3Si. The second kappa shape index (κ2) is 1.90. The monoisotopic (exact) mass is 128 g/mol. The zero-order valence-corrected chi connectivity index (χ0v) is 4.94. The molecule has 0 amide bonds. The molecule has 0 spiro atoms. The molecule has 0 radical (unpaired) electrons. The molecule has 0 aliphatic rings. The van der Waals surface area contributed by atoms with Crippen LogP contribution in [0.25, 0.3) is 0 Å². The van der Waals surface area contributed by atoms with Gasteiger partial charge in [-0.25, -0.2) is 0 Å². The van der Waals surface area contributed by atoms with Crippen LogP contribution in [0.5, 0.6) is 0 Å². The van der Waals surface area contributed by atoms with E-state index in [1.54, 1.807) is 0 Å². The maximum absolute atomic E-state index is 8.06. The average molecular weight is 129 g/mol. The van der Waals surface area contributed by atoms with Crippen LogP contribution in [0.3, 0.4) is 0 Å². The van der Waals surface area contributed by atoms with Crippen molar-refractivity contribution in [1.82, 2.24) is 0 Å². The molecule has 0 bridgehead atoms. The quantitative estimate of drug-likeness (QED) is 0.363. The van der Waals surface area contributed by atoms with Crippen LogP contribution in [-0.4, -0.2) is 24.8 Å². The molecule has 3 nitrogen and oxygen atoms in total. The third-order valence-corrected chi connectivity index (χ3v) is 1.24.